The first-order valence-electron chi connectivity index (χ1n) is 5.98. The van der Waals surface area contributed by atoms with E-state index in [1.54, 1.807) is 6.07 Å². The number of para-hydroxylation sites is 1. The van der Waals surface area contributed by atoms with Crippen molar-refractivity contribution < 1.29 is 9.84 Å². The minimum atomic E-state index is -0.812. The van der Waals surface area contributed by atoms with Gasteiger partial charge in [0, 0.05) is 15.6 Å². The van der Waals surface area contributed by atoms with Gasteiger partial charge in [0.1, 0.15) is 11.9 Å². The standard InChI is InChI=1S/C15H14BrClO2/c1-2-19-13-9-4-3-6-10(13)15(18)11-7-5-8-12(16)14(11)17/h3-9,15,18H,2H2,1H3. The molecule has 1 N–H and O–H groups in total. The Morgan fingerprint density at radius 3 is 2.58 bits per heavy atom. The summed E-state index contributed by atoms with van der Waals surface area (Å²) in [7, 11) is 0. The van der Waals surface area contributed by atoms with Crippen LogP contribution in [0.2, 0.25) is 5.02 Å². The van der Waals surface area contributed by atoms with Crippen LogP contribution in [0.3, 0.4) is 0 Å². The lowest BCUT2D eigenvalue weighted by Crippen LogP contribution is -2.04. The van der Waals surface area contributed by atoms with Gasteiger partial charge in [-0.3, -0.25) is 0 Å². The van der Waals surface area contributed by atoms with E-state index in [-0.39, 0.29) is 0 Å². The summed E-state index contributed by atoms with van der Waals surface area (Å²) in [5.74, 6) is 0.675. The van der Waals surface area contributed by atoms with E-state index < -0.39 is 6.10 Å². The SMILES string of the molecule is CCOc1ccccc1C(O)c1cccc(Br)c1Cl. The number of halogens is 2. The largest absolute Gasteiger partial charge is 0.493 e. The number of ether oxygens (including phenoxy) is 1. The molecule has 0 saturated carbocycles. The summed E-state index contributed by atoms with van der Waals surface area (Å²) in [6.07, 6.45) is -0.812. The van der Waals surface area contributed by atoms with Crippen LogP contribution in [0.25, 0.3) is 0 Å². The van der Waals surface area contributed by atoms with Crippen LogP contribution < -0.4 is 4.74 Å². The molecule has 2 rings (SSSR count). The fraction of sp³-hybridized carbons (Fsp3) is 0.200. The molecule has 4 heteroatoms. The maximum Gasteiger partial charge on any atom is 0.125 e. The Balaban J connectivity index is 2.44. The van der Waals surface area contributed by atoms with Gasteiger partial charge < -0.3 is 9.84 Å². The Bertz CT molecular complexity index is 572. The highest BCUT2D eigenvalue weighted by Gasteiger charge is 2.18. The zero-order chi connectivity index (χ0) is 13.8. The average molecular weight is 342 g/mol. The van der Waals surface area contributed by atoms with Gasteiger partial charge >= 0.3 is 0 Å². The first-order chi connectivity index (χ1) is 9.15. The van der Waals surface area contributed by atoms with Gasteiger partial charge in [0.15, 0.2) is 0 Å². The van der Waals surface area contributed by atoms with Crippen molar-refractivity contribution >= 4 is 27.5 Å². The van der Waals surface area contributed by atoms with Gasteiger partial charge in [-0.15, -0.1) is 0 Å². The van der Waals surface area contributed by atoms with Crippen molar-refractivity contribution in [2.24, 2.45) is 0 Å². The summed E-state index contributed by atoms with van der Waals surface area (Å²) in [6.45, 7) is 2.46. The number of rotatable bonds is 4. The quantitative estimate of drug-likeness (QED) is 0.882. The first-order valence-corrected chi connectivity index (χ1v) is 7.16. The van der Waals surface area contributed by atoms with Crippen molar-refractivity contribution in [1.29, 1.82) is 0 Å². The van der Waals surface area contributed by atoms with Crippen molar-refractivity contribution in [3.63, 3.8) is 0 Å². The molecular formula is C15H14BrClO2. The average Bonchev–Trinajstić information content (AvgIpc) is 2.42. The maximum atomic E-state index is 10.5. The molecule has 0 spiro atoms. The van der Waals surface area contributed by atoms with E-state index in [1.807, 2.05) is 43.3 Å². The van der Waals surface area contributed by atoms with Crippen LogP contribution in [-0.4, -0.2) is 11.7 Å². The molecule has 0 amide bonds. The van der Waals surface area contributed by atoms with Gasteiger partial charge in [0.05, 0.1) is 11.6 Å². The number of benzene rings is 2. The summed E-state index contributed by atoms with van der Waals surface area (Å²) >= 11 is 9.58. The third-order valence-corrected chi connectivity index (χ3v) is 4.10. The Kier molecular flexibility index (Phi) is 4.86. The van der Waals surface area contributed by atoms with Crippen molar-refractivity contribution in [2.75, 3.05) is 6.61 Å². The summed E-state index contributed by atoms with van der Waals surface area (Å²) in [6, 6.07) is 12.9. The van der Waals surface area contributed by atoms with E-state index in [2.05, 4.69) is 15.9 Å². The molecule has 0 heterocycles. The fourth-order valence-electron chi connectivity index (χ4n) is 1.89. The molecule has 19 heavy (non-hydrogen) atoms. The van der Waals surface area contributed by atoms with Crippen LogP contribution in [0.1, 0.15) is 24.2 Å². The monoisotopic (exact) mass is 340 g/mol. The highest BCUT2D eigenvalue weighted by atomic mass is 79.9. The topological polar surface area (TPSA) is 29.5 Å². The van der Waals surface area contributed by atoms with E-state index >= 15 is 0 Å². The Labute approximate surface area is 126 Å². The number of aliphatic hydroxyl groups excluding tert-OH is 1. The molecule has 2 aromatic rings. The highest BCUT2D eigenvalue weighted by molar-refractivity contribution is 9.10. The minimum Gasteiger partial charge on any atom is -0.493 e. The van der Waals surface area contributed by atoms with Crippen molar-refractivity contribution in [1.82, 2.24) is 0 Å². The van der Waals surface area contributed by atoms with E-state index in [1.165, 1.54) is 0 Å². The maximum absolute atomic E-state index is 10.5. The lowest BCUT2D eigenvalue weighted by molar-refractivity contribution is 0.212. The van der Waals surface area contributed by atoms with Crippen LogP contribution in [0.5, 0.6) is 5.75 Å². The molecule has 100 valence electrons. The Hall–Kier alpha value is -1.03. The number of hydrogen-bond acceptors (Lipinski definition) is 2. The molecule has 0 fully saturated rings. The molecular weight excluding hydrogens is 328 g/mol. The van der Waals surface area contributed by atoms with Gasteiger partial charge in [-0.25, -0.2) is 0 Å². The predicted molar refractivity (Wildman–Crippen MR) is 80.8 cm³/mol. The summed E-state index contributed by atoms with van der Waals surface area (Å²) in [5.41, 5.74) is 1.37. The van der Waals surface area contributed by atoms with Crippen LogP contribution in [0.15, 0.2) is 46.9 Å². The molecule has 2 aromatic carbocycles. The van der Waals surface area contributed by atoms with Crippen molar-refractivity contribution in [3.05, 3.63) is 63.1 Å². The lowest BCUT2D eigenvalue weighted by Gasteiger charge is -2.17. The second-order valence-corrected chi connectivity index (χ2v) is 5.25. The van der Waals surface area contributed by atoms with Gasteiger partial charge in [-0.05, 0) is 35.0 Å². The van der Waals surface area contributed by atoms with Crippen molar-refractivity contribution in [2.45, 2.75) is 13.0 Å². The zero-order valence-electron chi connectivity index (χ0n) is 10.4. The molecule has 0 aromatic heterocycles. The predicted octanol–water partition coefficient (Wildman–Crippen LogP) is 4.58. The Morgan fingerprint density at radius 1 is 1.16 bits per heavy atom. The number of aliphatic hydroxyl groups is 1. The van der Waals surface area contributed by atoms with Crippen LogP contribution >= 0.6 is 27.5 Å². The molecule has 0 radical (unpaired) electrons. The molecule has 0 aliphatic carbocycles. The second kappa shape index (κ2) is 6.42. The van der Waals surface area contributed by atoms with E-state index in [4.69, 9.17) is 16.3 Å². The van der Waals surface area contributed by atoms with Gasteiger partial charge in [0.2, 0.25) is 0 Å². The minimum absolute atomic E-state index is 0.515. The summed E-state index contributed by atoms with van der Waals surface area (Å²) in [5, 5.41) is 11.0. The second-order valence-electron chi connectivity index (χ2n) is 4.02. The van der Waals surface area contributed by atoms with E-state index in [0.717, 1.165) is 4.47 Å². The van der Waals surface area contributed by atoms with Gasteiger partial charge in [-0.1, -0.05) is 41.9 Å². The van der Waals surface area contributed by atoms with Crippen LogP contribution in [0.4, 0.5) is 0 Å². The van der Waals surface area contributed by atoms with Crippen molar-refractivity contribution in [3.8, 4) is 5.75 Å². The summed E-state index contributed by atoms with van der Waals surface area (Å²) < 4.78 is 6.30. The smallest absolute Gasteiger partial charge is 0.125 e. The fourth-order valence-corrected chi connectivity index (χ4v) is 2.50. The normalized spacial score (nSPS) is 12.2. The molecule has 0 aliphatic heterocycles. The molecule has 0 aliphatic rings. The molecule has 1 unspecified atom stereocenters. The third-order valence-electron chi connectivity index (χ3n) is 2.79. The molecule has 0 saturated heterocycles. The first kappa shape index (κ1) is 14.4. The van der Waals surface area contributed by atoms with Gasteiger partial charge in [0.25, 0.3) is 0 Å². The molecule has 0 bridgehead atoms. The van der Waals surface area contributed by atoms with Crippen LogP contribution in [0, 0.1) is 0 Å². The molecule has 1 atom stereocenters. The number of hydrogen-bond donors (Lipinski definition) is 1. The van der Waals surface area contributed by atoms with E-state index in [9.17, 15) is 5.11 Å². The van der Waals surface area contributed by atoms with E-state index in [0.29, 0.717) is 28.5 Å². The highest BCUT2D eigenvalue weighted by Crippen LogP contribution is 2.36. The lowest BCUT2D eigenvalue weighted by atomic mass is 10.0. The Morgan fingerprint density at radius 2 is 1.84 bits per heavy atom. The molecule has 2 nitrogen and oxygen atoms in total. The van der Waals surface area contributed by atoms with Crippen LogP contribution in [-0.2, 0) is 0 Å². The zero-order valence-corrected chi connectivity index (χ0v) is 12.8. The third kappa shape index (κ3) is 3.11. The van der Waals surface area contributed by atoms with Gasteiger partial charge in [-0.2, -0.15) is 0 Å². The summed E-state index contributed by atoms with van der Waals surface area (Å²) in [4.78, 5) is 0.